The van der Waals surface area contributed by atoms with Crippen LogP contribution in [0.5, 0.6) is 5.75 Å². The third kappa shape index (κ3) is 2.57. The van der Waals surface area contributed by atoms with Crippen LogP contribution in [0.15, 0.2) is 29.0 Å². The van der Waals surface area contributed by atoms with Gasteiger partial charge < -0.3 is 20.8 Å². The summed E-state index contributed by atoms with van der Waals surface area (Å²) in [5.41, 5.74) is 1.82. The molecule has 0 aliphatic heterocycles. The number of aliphatic hydroxyl groups is 2. The van der Waals surface area contributed by atoms with Gasteiger partial charge in [-0.05, 0) is 55.7 Å². The zero-order valence-corrected chi connectivity index (χ0v) is 15.6. The van der Waals surface area contributed by atoms with Crippen molar-refractivity contribution in [3.8, 4) is 5.75 Å². The van der Waals surface area contributed by atoms with Crippen LogP contribution in [0.1, 0.15) is 39.3 Å². The Hall–Kier alpha value is -2.93. The van der Waals surface area contributed by atoms with Gasteiger partial charge in [-0.15, -0.1) is 0 Å². The highest BCUT2D eigenvalue weighted by Crippen LogP contribution is 2.50. The quantitative estimate of drug-likeness (QED) is 0.628. The molecule has 0 bridgehead atoms. The smallest absolute Gasteiger partial charge is 0.173 e. The molecule has 28 heavy (non-hydrogen) atoms. The standard InChI is InChI=1S/C21H20O6.H2O.2H2/c1-8-3-4-13(23)18-12(8)6-10-5-11-7-14(24)15(9(2)22)19(25)17(11)20(26)16(10)21(18)27;;;/h3-4,10-11,17,23,25,27H,5-7H2,1-2H3;1H2;2*1H. The Balaban J connectivity index is 0.00000150. The maximum Gasteiger partial charge on any atom is 0.173 e. The van der Waals surface area contributed by atoms with Crippen LogP contribution in [0.3, 0.4) is 0 Å². The topological polar surface area (TPSA) is 143 Å². The lowest BCUT2D eigenvalue weighted by Crippen LogP contribution is -2.43. The fourth-order valence-corrected chi connectivity index (χ4v) is 4.91. The Labute approximate surface area is 164 Å². The number of benzene rings is 1. The molecule has 5 N–H and O–H groups in total. The van der Waals surface area contributed by atoms with Crippen LogP contribution in [0, 0.1) is 24.7 Å². The number of fused-ring (bicyclic) bond motifs is 3. The molecule has 0 heterocycles. The number of aryl methyl sites for hydroxylation is 1. The summed E-state index contributed by atoms with van der Waals surface area (Å²) in [7, 11) is 0. The third-order valence-electron chi connectivity index (χ3n) is 6.11. The Bertz CT molecular complexity index is 993. The van der Waals surface area contributed by atoms with Gasteiger partial charge >= 0.3 is 0 Å². The summed E-state index contributed by atoms with van der Waals surface area (Å²) < 4.78 is 0. The first-order valence-corrected chi connectivity index (χ1v) is 8.98. The first-order valence-electron chi connectivity index (χ1n) is 8.98. The highest BCUT2D eigenvalue weighted by Gasteiger charge is 2.50. The van der Waals surface area contributed by atoms with Gasteiger partial charge in [-0.1, -0.05) is 6.07 Å². The van der Waals surface area contributed by atoms with Crippen LogP contribution in [-0.4, -0.2) is 38.1 Å². The summed E-state index contributed by atoms with van der Waals surface area (Å²) in [4.78, 5) is 37.2. The van der Waals surface area contributed by atoms with Gasteiger partial charge in [-0.25, -0.2) is 0 Å². The van der Waals surface area contributed by atoms with Gasteiger partial charge in [0.25, 0.3) is 0 Å². The van der Waals surface area contributed by atoms with E-state index in [-0.39, 0.29) is 48.9 Å². The van der Waals surface area contributed by atoms with Crippen LogP contribution >= 0.6 is 0 Å². The van der Waals surface area contributed by atoms with Crippen LogP contribution in [0.2, 0.25) is 0 Å². The SMILES string of the molecule is CC(=O)C1=C(O)C2C(=O)C3=C(O)c4c(O)ccc(C)c4CC3CC2CC1=O.O.[HH].[HH]. The average molecular weight is 390 g/mol. The van der Waals surface area contributed by atoms with Gasteiger partial charge in [-0.3, -0.25) is 14.4 Å². The molecule has 0 saturated heterocycles. The molecule has 4 rings (SSSR count). The molecule has 3 unspecified atom stereocenters. The molecule has 1 aromatic rings. The maximum absolute atomic E-state index is 13.2. The Morgan fingerprint density at radius 3 is 2.46 bits per heavy atom. The number of allylic oxidation sites excluding steroid dienone is 3. The second-order valence-electron chi connectivity index (χ2n) is 7.70. The van der Waals surface area contributed by atoms with Gasteiger partial charge in [0, 0.05) is 14.8 Å². The summed E-state index contributed by atoms with van der Waals surface area (Å²) in [6.45, 7) is 3.07. The number of Topliss-reactive ketones (excluding diaryl/α,β-unsaturated/α-hetero) is 3. The first-order chi connectivity index (χ1) is 12.7. The number of aliphatic hydroxyl groups excluding tert-OH is 2. The lowest BCUT2D eigenvalue weighted by molar-refractivity contribution is -0.127. The van der Waals surface area contributed by atoms with E-state index >= 15 is 0 Å². The molecule has 0 radical (unpaired) electrons. The number of rotatable bonds is 1. The van der Waals surface area contributed by atoms with Gasteiger partial charge in [0.05, 0.1) is 17.1 Å². The molecule has 0 amide bonds. The first kappa shape index (κ1) is 19.8. The number of carbonyl (C=O) groups excluding carboxylic acids is 3. The third-order valence-corrected chi connectivity index (χ3v) is 6.11. The van der Waals surface area contributed by atoms with Crippen LogP contribution < -0.4 is 0 Å². The van der Waals surface area contributed by atoms with Crippen molar-refractivity contribution in [1.29, 1.82) is 0 Å². The van der Waals surface area contributed by atoms with Crippen molar-refractivity contribution in [3.63, 3.8) is 0 Å². The summed E-state index contributed by atoms with van der Waals surface area (Å²) in [6, 6.07) is 3.24. The maximum atomic E-state index is 13.2. The van der Waals surface area contributed by atoms with Crippen molar-refractivity contribution < 1.29 is 38.0 Å². The number of carbonyl (C=O) groups is 3. The molecular weight excluding hydrogens is 364 g/mol. The van der Waals surface area contributed by atoms with Gasteiger partial charge in [-0.2, -0.15) is 0 Å². The largest absolute Gasteiger partial charge is 0.511 e. The fourth-order valence-electron chi connectivity index (χ4n) is 4.91. The molecule has 1 fully saturated rings. The van der Waals surface area contributed by atoms with E-state index in [1.165, 1.54) is 13.0 Å². The Kier molecular flexibility index (Phi) is 4.67. The molecule has 3 aliphatic rings. The van der Waals surface area contributed by atoms with Crippen molar-refractivity contribution in [2.75, 3.05) is 0 Å². The summed E-state index contributed by atoms with van der Waals surface area (Å²) in [5, 5.41) is 31.5. The molecule has 3 aliphatic carbocycles. The number of ketones is 3. The molecule has 152 valence electrons. The number of aromatic hydroxyl groups is 1. The molecular formula is C21H26O7. The summed E-state index contributed by atoms with van der Waals surface area (Å²) >= 11 is 0. The van der Waals surface area contributed by atoms with Crippen molar-refractivity contribution in [2.45, 2.75) is 33.1 Å². The molecule has 1 saturated carbocycles. The van der Waals surface area contributed by atoms with Crippen molar-refractivity contribution in [2.24, 2.45) is 17.8 Å². The summed E-state index contributed by atoms with van der Waals surface area (Å²) in [6.07, 6.45) is 0.958. The fraction of sp³-hybridized carbons (Fsp3) is 0.381. The molecule has 1 aromatic carbocycles. The van der Waals surface area contributed by atoms with Crippen molar-refractivity contribution in [1.82, 2.24) is 0 Å². The van der Waals surface area contributed by atoms with E-state index in [0.717, 1.165) is 11.1 Å². The van der Waals surface area contributed by atoms with Gasteiger partial charge in [0.1, 0.15) is 17.3 Å². The van der Waals surface area contributed by atoms with Crippen molar-refractivity contribution >= 4 is 23.1 Å². The zero-order chi connectivity index (χ0) is 19.6. The Morgan fingerprint density at radius 2 is 1.82 bits per heavy atom. The van der Waals surface area contributed by atoms with Crippen molar-refractivity contribution in [3.05, 3.63) is 45.7 Å². The van der Waals surface area contributed by atoms with E-state index in [0.29, 0.717) is 12.8 Å². The number of hydrogen-bond donors (Lipinski definition) is 3. The molecule has 0 spiro atoms. The zero-order valence-electron chi connectivity index (χ0n) is 15.6. The average Bonchev–Trinajstić information content (AvgIpc) is 2.57. The highest BCUT2D eigenvalue weighted by molar-refractivity contribution is 6.21. The Morgan fingerprint density at radius 1 is 1.14 bits per heavy atom. The van der Waals surface area contributed by atoms with E-state index in [1.807, 2.05) is 6.92 Å². The lowest BCUT2D eigenvalue weighted by atomic mass is 9.61. The normalized spacial score (nSPS) is 26.3. The van der Waals surface area contributed by atoms with E-state index in [2.05, 4.69) is 0 Å². The second kappa shape index (κ2) is 6.60. The minimum absolute atomic E-state index is 0. The van der Waals surface area contributed by atoms with Crippen LogP contribution in [-0.2, 0) is 20.8 Å². The monoisotopic (exact) mass is 390 g/mol. The van der Waals surface area contributed by atoms with Gasteiger partial charge in [0.15, 0.2) is 17.3 Å². The van der Waals surface area contributed by atoms with E-state index in [9.17, 15) is 29.7 Å². The molecule has 0 aromatic heterocycles. The number of phenols is 1. The number of phenolic OH excluding ortho intramolecular Hbond substituents is 1. The van der Waals surface area contributed by atoms with Gasteiger partial charge in [0.2, 0.25) is 0 Å². The predicted octanol–water partition coefficient (Wildman–Crippen LogP) is 2.39. The summed E-state index contributed by atoms with van der Waals surface area (Å²) in [5.74, 6) is -3.99. The minimum Gasteiger partial charge on any atom is -0.511 e. The number of hydrogen-bond acceptors (Lipinski definition) is 6. The molecule has 3 atom stereocenters. The molecule has 7 nitrogen and oxygen atoms in total. The van der Waals surface area contributed by atoms with E-state index in [1.54, 1.807) is 6.07 Å². The predicted molar refractivity (Wildman–Crippen MR) is 104 cm³/mol. The van der Waals surface area contributed by atoms with Crippen LogP contribution in [0.4, 0.5) is 0 Å². The molecule has 7 heteroatoms. The minimum atomic E-state index is -0.997. The van der Waals surface area contributed by atoms with Crippen LogP contribution in [0.25, 0.3) is 5.76 Å². The second-order valence-corrected chi connectivity index (χ2v) is 7.70. The van der Waals surface area contributed by atoms with E-state index < -0.39 is 34.9 Å². The lowest BCUT2D eigenvalue weighted by Gasteiger charge is -2.41. The highest BCUT2D eigenvalue weighted by atomic mass is 16.3. The van der Waals surface area contributed by atoms with E-state index in [4.69, 9.17) is 0 Å².